The Morgan fingerprint density at radius 1 is 1.40 bits per heavy atom. The van der Waals surface area contributed by atoms with Gasteiger partial charge in [-0.05, 0) is 37.7 Å². The van der Waals surface area contributed by atoms with Gasteiger partial charge in [-0.2, -0.15) is 0 Å². The molecule has 1 aromatic rings. The van der Waals surface area contributed by atoms with Crippen molar-refractivity contribution in [1.82, 2.24) is 0 Å². The summed E-state index contributed by atoms with van der Waals surface area (Å²) in [7, 11) is 1.71. The monoisotopic (exact) mass is 223 g/mol. The highest BCUT2D eigenvalue weighted by Gasteiger charge is 2.38. The number of nitrogens with two attached hydrogens (primary N) is 1. The SMILES string of the molecule is COc1cccc(SC)c1C1(N)CCC1. The largest absolute Gasteiger partial charge is 0.496 e. The lowest BCUT2D eigenvalue weighted by Gasteiger charge is -2.40. The average Bonchev–Trinajstić information content (AvgIpc) is 2.24. The van der Waals surface area contributed by atoms with Gasteiger partial charge in [-0.1, -0.05) is 6.07 Å². The predicted octanol–water partition coefficient (Wildman–Crippen LogP) is 2.76. The summed E-state index contributed by atoms with van der Waals surface area (Å²) in [5.74, 6) is 0.934. The number of hydrogen-bond donors (Lipinski definition) is 1. The molecule has 2 nitrogen and oxygen atoms in total. The van der Waals surface area contributed by atoms with Crippen molar-refractivity contribution in [2.45, 2.75) is 29.7 Å². The molecule has 0 atom stereocenters. The molecule has 1 aliphatic carbocycles. The molecule has 0 aliphatic heterocycles. The Bertz CT molecular complexity index is 338. The van der Waals surface area contributed by atoms with Crippen LogP contribution in [0.25, 0.3) is 0 Å². The molecule has 2 rings (SSSR count). The first-order valence-corrected chi connectivity index (χ1v) is 6.44. The Labute approximate surface area is 95.2 Å². The molecule has 1 aliphatic rings. The van der Waals surface area contributed by atoms with Crippen LogP contribution in [-0.4, -0.2) is 13.4 Å². The minimum Gasteiger partial charge on any atom is -0.496 e. The highest BCUT2D eigenvalue weighted by atomic mass is 32.2. The molecular formula is C12H17NOS. The molecular weight excluding hydrogens is 206 g/mol. The summed E-state index contributed by atoms with van der Waals surface area (Å²) >= 11 is 1.74. The van der Waals surface area contributed by atoms with Crippen molar-refractivity contribution < 1.29 is 4.74 Å². The van der Waals surface area contributed by atoms with Gasteiger partial charge < -0.3 is 10.5 Å². The summed E-state index contributed by atoms with van der Waals surface area (Å²) in [5.41, 5.74) is 7.44. The molecule has 0 bridgehead atoms. The third kappa shape index (κ3) is 1.74. The predicted molar refractivity (Wildman–Crippen MR) is 64.5 cm³/mol. The smallest absolute Gasteiger partial charge is 0.125 e. The Morgan fingerprint density at radius 3 is 2.60 bits per heavy atom. The van der Waals surface area contributed by atoms with Crippen LogP contribution in [-0.2, 0) is 5.54 Å². The minimum atomic E-state index is -0.148. The fraction of sp³-hybridized carbons (Fsp3) is 0.500. The van der Waals surface area contributed by atoms with Crippen LogP contribution in [0.15, 0.2) is 23.1 Å². The maximum atomic E-state index is 6.38. The Kier molecular flexibility index (Phi) is 2.94. The number of ether oxygens (including phenoxy) is 1. The Hall–Kier alpha value is -0.670. The van der Waals surface area contributed by atoms with Gasteiger partial charge in [0, 0.05) is 16.0 Å². The third-order valence-electron chi connectivity index (χ3n) is 3.17. The summed E-state index contributed by atoms with van der Waals surface area (Å²) in [4.78, 5) is 1.25. The van der Waals surface area contributed by atoms with Crippen LogP contribution < -0.4 is 10.5 Å². The first kappa shape index (κ1) is 10.8. The zero-order chi connectivity index (χ0) is 10.9. The van der Waals surface area contributed by atoms with Crippen molar-refractivity contribution in [2.75, 3.05) is 13.4 Å². The maximum absolute atomic E-state index is 6.38. The molecule has 0 aromatic heterocycles. The fourth-order valence-corrected chi connectivity index (χ4v) is 2.87. The van der Waals surface area contributed by atoms with Crippen LogP contribution in [0.5, 0.6) is 5.75 Å². The van der Waals surface area contributed by atoms with Crippen LogP contribution in [0.3, 0.4) is 0 Å². The number of thioether (sulfide) groups is 1. The summed E-state index contributed by atoms with van der Waals surface area (Å²) in [6.45, 7) is 0. The molecule has 0 radical (unpaired) electrons. The van der Waals surface area contributed by atoms with E-state index < -0.39 is 0 Å². The molecule has 0 unspecified atom stereocenters. The van der Waals surface area contributed by atoms with Crippen molar-refractivity contribution in [1.29, 1.82) is 0 Å². The van der Waals surface area contributed by atoms with E-state index in [1.54, 1.807) is 18.9 Å². The van der Waals surface area contributed by atoms with E-state index >= 15 is 0 Å². The molecule has 1 saturated carbocycles. The topological polar surface area (TPSA) is 35.2 Å². The summed E-state index contributed by atoms with van der Waals surface area (Å²) < 4.78 is 5.42. The van der Waals surface area contributed by atoms with Crippen LogP contribution in [0.1, 0.15) is 24.8 Å². The quantitative estimate of drug-likeness (QED) is 0.800. The number of methoxy groups -OCH3 is 1. The lowest BCUT2D eigenvalue weighted by molar-refractivity contribution is 0.239. The standard InChI is InChI=1S/C12H17NOS/c1-14-9-5-3-6-10(15-2)11(9)12(13)7-4-8-12/h3,5-6H,4,7-8,13H2,1-2H3. The Morgan fingerprint density at radius 2 is 2.13 bits per heavy atom. The number of benzene rings is 1. The van der Waals surface area contributed by atoms with Gasteiger partial charge in [0.1, 0.15) is 5.75 Å². The van der Waals surface area contributed by atoms with Crippen molar-refractivity contribution in [2.24, 2.45) is 5.73 Å². The molecule has 2 N–H and O–H groups in total. The molecule has 3 heteroatoms. The van der Waals surface area contributed by atoms with Gasteiger partial charge in [0.15, 0.2) is 0 Å². The van der Waals surface area contributed by atoms with Gasteiger partial charge >= 0.3 is 0 Å². The molecule has 1 aromatic carbocycles. The van der Waals surface area contributed by atoms with Gasteiger partial charge in [-0.15, -0.1) is 11.8 Å². The first-order valence-electron chi connectivity index (χ1n) is 5.21. The van der Waals surface area contributed by atoms with E-state index in [1.165, 1.54) is 16.9 Å². The second-order valence-electron chi connectivity index (χ2n) is 4.05. The zero-order valence-corrected chi connectivity index (χ0v) is 10.1. The number of hydrogen-bond acceptors (Lipinski definition) is 3. The van der Waals surface area contributed by atoms with Crippen LogP contribution >= 0.6 is 11.8 Å². The normalized spacial score (nSPS) is 18.3. The van der Waals surface area contributed by atoms with E-state index in [9.17, 15) is 0 Å². The van der Waals surface area contributed by atoms with E-state index in [4.69, 9.17) is 10.5 Å². The Balaban J connectivity index is 2.50. The maximum Gasteiger partial charge on any atom is 0.125 e. The van der Waals surface area contributed by atoms with E-state index in [0.29, 0.717) is 0 Å². The van der Waals surface area contributed by atoms with Crippen molar-refractivity contribution in [3.8, 4) is 5.75 Å². The van der Waals surface area contributed by atoms with E-state index in [-0.39, 0.29) is 5.54 Å². The number of rotatable bonds is 3. The molecule has 0 amide bonds. The molecule has 0 saturated heterocycles. The lowest BCUT2D eigenvalue weighted by atomic mass is 9.72. The van der Waals surface area contributed by atoms with Crippen molar-refractivity contribution in [3.63, 3.8) is 0 Å². The highest BCUT2D eigenvalue weighted by molar-refractivity contribution is 7.98. The summed E-state index contributed by atoms with van der Waals surface area (Å²) in [6, 6.07) is 6.15. The van der Waals surface area contributed by atoms with Gasteiger partial charge in [-0.25, -0.2) is 0 Å². The average molecular weight is 223 g/mol. The molecule has 82 valence electrons. The molecule has 0 heterocycles. The van der Waals surface area contributed by atoms with Crippen LogP contribution in [0.4, 0.5) is 0 Å². The third-order valence-corrected chi connectivity index (χ3v) is 3.95. The fourth-order valence-electron chi connectivity index (χ4n) is 2.15. The van der Waals surface area contributed by atoms with Gasteiger partial charge in [0.05, 0.1) is 7.11 Å². The van der Waals surface area contributed by atoms with Crippen LogP contribution in [0, 0.1) is 0 Å². The van der Waals surface area contributed by atoms with Crippen molar-refractivity contribution in [3.05, 3.63) is 23.8 Å². The van der Waals surface area contributed by atoms with E-state index in [0.717, 1.165) is 18.6 Å². The summed E-state index contributed by atoms with van der Waals surface area (Å²) in [6.07, 6.45) is 5.45. The molecule has 15 heavy (non-hydrogen) atoms. The highest BCUT2D eigenvalue weighted by Crippen LogP contribution is 2.46. The van der Waals surface area contributed by atoms with Gasteiger partial charge in [-0.3, -0.25) is 0 Å². The first-order chi connectivity index (χ1) is 7.21. The van der Waals surface area contributed by atoms with Crippen LogP contribution in [0.2, 0.25) is 0 Å². The van der Waals surface area contributed by atoms with E-state index in [1.807, 2.05) is 12.1 Å². The second-order valence-corrected chi connectivity index (χ2v) is 4.90. The van der Waals surface area contributed by atoms with Gasteiger partial charge in [0.2, 0.25) is 0 Å². The van der Waals surface area contributed by atoms with E-state index in [2.05, 4.69) is 12.3 Å². The second kappa shape index (κ2) is 4.06. The molecule has 0 spiro atoms. The molecule has 1 fully saturated rings. The van der Waals surface area contributed by atoms with Gasteiger partial charge in [0.25, 0.3) is 0 Å². The summed E-state index contributed by atoms with van der Waals surface area (Å²) in [5, 5.41) is 0. The van der Waals surface area contributed by atoms with Crippen molar-refractivity contribution >= 4 is 11.8 Å². The lowest BCUT2D eigenvalue weighted by Crippen LogP contribution is -2.44. The minimum absolute atomic E-state index is 0.148. The zero-order valence-electron chi connectivity index (χ0n) is 9.25.